The molecule has 1 aliphatic carbocycles. The van der Waals surface area contributed by atoms with E-state index in [1.165, 1.54) is 19.8 Å². The molecule has 0 heterocycles. The minimum atomic E-state index is -0.231. The number of rotatable bonds is 5. The van der Waals surface area contributed by atoms with Crippen LogP contribution in [-0.4, -0.2) is 11.9 Å². The summed E-state index contributed by atoms with van der Waals surface area (Å²) >= 11 is 0. The lowest BCUT2D eigenvalue weighted by Gasteiger charge is -2.25. The van der Waals surface area contributed by atoms with Gasteiger partial charge in [-0.15, -0.1) is 0 Å². The molecule has 1 fully saturated rings. The Hall–Kier alpha value is -2.82. The Morgan fingerprint density at radius 2 is 1.58 bits per heavy atom. The van der Waals surface area contributed by atoms with Crippen molar-refractivity contribution in [3.63, 3.8) is 0 Å². The van der Waals surface area contributed by atoms with Crippen LogP contribution in [0.25, 0.3) is 0 Å². The average molecular weight is 351 g/mol. The van der Waals surface area contributed by atoms with Crippen molar-refractivity contribution in [2.24, 2.45) is 5.92 Å². The third-order valence-electron chi connectivity index (χ3n) is 4.76. The second kappa shape index (κ2) is 8.52. The van der Waals surface area contributed by atoms with Gasteiger partial charge in [0.05, 0.1) is 6.04 Å². The Labute approximate surface area is 154 Å². The first-order valence-corrected chi connectivity index (χ1v) is 9.12. The second-order valence-electron chi connectivity index (χ2n) is 6.79. The Bertz CT molecular complexity index is 755. The van der Waals surface area contributed by atoms with Gasteiger partial charge in [-0.3, -0.25) is 4.79 Å². The number of anilines is 2. The van der Waals surface area contributed by atoms with Crippen LogP contribution in [0.3, 0.4) is 0 Å². The van der Waals surface area contributed by atoms with Crippen LogP contribution in [-0.2, 0) is 4.79 Å². The minimum Gasteiger partial charge on any atom is -0.331 e. The van der Waals surface area contributed by atoms with E-state index in [1.54, 1.807) is 24.3 Å². The molecule has 0 spiro atoms. The standard InChI is InChI=1S/C21H25N3O2/c1-15(25)22-18-12-7-13-19(14-18)23-21(26)24-20(17-10-5-6-11-17)16-8-3-2-4-9-16/h2-4,7-9,12-14,17,20H,5-6,10-11H2,1H3,(H,22,25)(H2,23,24,26). The van der Waals surface area contributed by atoms with Crippen molar-refractivity contribution in [3.05, 3.63) is 60.2 Å². The number of carbonyl (C=O) groups excluding carboxylic acids is 2. The normalized spacial score (nSPS) is 15.3. The van der Waals surface area contributed by atoms with Gasteiger partial charge in [-0.2, -0.15) is 0 Å². The molecule has 3 N–H and O–H groups in total. The van der Waals surface area contributed by atoms with Crippen LogP contribution >= 0.6 is 0 Å². The van der Waals surface area contributed by atoms with Gasteiger partial charge in [-0.1, -0.05) is 49.2 Å². The van der Waals surface area contributed by atoms with Crippen LogP contribution in [0.5, 0.6) is 0 Å². The predicted molar refractivity (Wildman–Crippen MR) is 104 cm³/mol. The van der Waals surface area contributed by atoms with Gasteiger partial charge >= 0.3 is 6.03 Å². The molecule has 0 aromatic heterocycles. The maximum atomic E-state index is 12.6. The highest BCUT2D eigenvalue weighted by molar-refractivity contribution is 5.92. The van der Waals surface area contributed by atoms with Crippen LogP contribution in [0.15, 0.2) is 54.6 Å². The van der Waals surface area contributed by atoms with Crippen LogP contribution < -0.4 is 16.0 Å². The zero-order chi connectivity index (χ0) is 18.4. The summed E-state index contributed by atoms with van der Waals surface area (Å²) in [5, 5.41) is 8.74. The SMILES string of the molecule is CC(=O)Nc1cccc(NC(=O)NC(c2ccccc2)C2CCCC2)c1. The fourth-order valence-corrected chi connectivity index (χ4v) is 3.61. The molecule has 1 unspecified atom stereocenters. The number of amides is 3. The van der Waals surface area contributed by atoms with E-state index in [-0.39, 0.29) is 18.0 Å². The van der Waals surface area contributed by atoms with E-state index < -0.39 is 0 Å². The van der Waals surface area contributed by atoms with E-state index in [1.807, 2.05) is 18.2 Å². The number of urea groups is 1. The second-order valence-corrected chi connectivity index (χ2v) is 6.79. The van der Waals surface area contributed by atoms with Crippen molar-refractivity contribution >= 4 is 23.3 Å². The van der Waals surface area contributed by atoms with E-state index in [4.69, 9.17) is 0 Å². The fraction of sp³-hybridized carbons (Fsp3) is 0.333. The van der Waals surface area contributed by atoms with E-state index in [0.29, 0.717) is 17.3 Å². The summed E-state index contributed by atoms with van der Waals surface area (Å²) in [5.74, 6) is 0.325. The van der Waals surface area contributed by atoms with Crippen molar-refractivity contribution in [2.75, 3.05) is 10.6 Å². The molecule has 26 heavy (non-hydrogen) atoms. The largest absolute Gasteiger partial charge is 0.331 e. The zero-order valence-electron chi connectivity index (χ0n) is 15.0. The lowest BCUT2D eigenvalue weighted by molar-refractivity contribution is -0.114. The molecule has 3 amide bonds. The van der Waals surface area contributed by atoms with Gasteiger partial charge in [0.1, 0.15) is 0 Å². The molecular weight excluding hydrogens is 326 g/mol. The lowest BCUT2D eigenvalue weighted by atomic mass is 9.92. The van der Waals surface area contributed by atoms with Gasteiger partial charge in [0.2, 0.25) is 5.91 Å². The Morgan fingerprint density at radius 1 is 0.923 bits per heavy atom. The topological polar surface area (TPSA) is 70.2 Å². The van der Waals surface area contributed by atoms with E-state index >= 15 is 0 Å². The molecule has 1 aliphatic rings. The van der Waals surface area contributed by atoms with Crippen molar-refractivity contribution in [1.82, 2.24) is 5.32 Å². The Morgan fingerprint density at radius 3 is 2.23 bits per heavy atom. The summed E-state index contributed by atoms with van der Waals surface area (Å²) in [6, 6.07) is 17.1. The summed E-state index contributed by atoms with van der Waals surface area (Å²) in [4.78, 5) is 23.8. The molecule has 2 aromatic rings. The minimum absolute atomic E-state index is 0.0113. The monoisotopic (exact) mass is 351 g/mol. The number of hydrogen-bond donors (Lipinski definition) is 3. The number of benzene rings is 2. The summed E-state index contributed by atoms with van der Waals surface area (Å²) in [6.45, 7) is 1.46. The van der Waals surface area contributed by atoms with Crippen molar-refractivity contribution in [1.29, 1.82) is 0 Å². The van der Waals surface area contributed by atoms with Gasteiger partial charge in [-0.05, 0) is 42.5 Å². The Kier molecular flexibility index (Phi) is 5.89. The zero-order valence-corrected chi connectivity index (χ0v) is 15.0. The summed E-state index contributed by atoms with van der Waals surface area (Å²) in [7, 11) is 0. The van der Waals surface area contributed by atoms with Crippen molar-refractivity contribution in [2.45, 2.75) is 38.6 Å². The van der Waals surface area contributed by atoms with E-state index in [9.17, 15) is 9.59 Å². The van der Waals surface area contributed by atoms with Gasteiger partial charge < -0.3 is 16.0 Å². The number of nitrogens with one attached hydrogen (secondary N) is 3. The smallest absolute Gasteiger partial charge is 0.319 e. The maximum absolute atomic E-state index is 12.6. The highest BCUT2D eigenvalue weighted by atomic mass is 16.2. The van der Waals surface area contributed by atoms with Crippen LogP contribution in [0.4, 0.5) is 16.2 Å². The Balaban J connectivity index is 1.69. The van der Waals surface area contributed by atoms with Crippen molar-refractivity contribution < 1.29 is 9.59 Å². The van der Waals surface area contributed by atoms with E-state index in [0.717, 1.165) is 18.4 Å². The molecule has 0 aliphatic heterocycles. The third-order valence-corrected chi connectivity index (χ3v) is 4.76. The number of carbonyl (C=O) groups is 2. The molecule has 3 rings (SSSR count). The molecule has 5 nitrogen and oxygen atoms in total. The molecule has 136 valence electrons. The first kappa shape index (κ1) is 18.0. The van der Waals surface area contributed by atoms with Crippen LogP contribution in [0.1, 0.15) is 44.2 Å². The first-order valence-electron chi connectivity index (χ1n) is 9.12. The summed E-state index contributed by atoms with van der Waals surface area (Å²) < 4.78 is 0. The lowest BCUT2D eigenvalue weighted by Crippen LogP contribution is -2.35. The molecule has 1 atom stereocenters. The molecule has 0 bridgehead atoms. The predicted octanol–water partition coefficient (Wildman–Crippen LogP) is 4.70. The summed E-state index contributed by atoms with van der Waals surface area (Å²) in [5.41, 5.74) is 2.44. The number of hydrogen-bond acceptors (Lipinski definition) is 2. The molecule has 5 heteroatoms. The van der Waals surface area contributed by atoms with Crippen LogP contribution in [0.2, 0.25) is 0 Å². The first-order chi connectivity index (χ1) is 12.6. The van der Waals surface area contributed by atoms with Crippen molar-refractivity contribution in [3.8, 4) is 0 Å². The highest BCUT2D eigenvalue weighted by Crippen LogP contribution is 2.35. The average Bonchev–Trinajstić information content (AvgIpc) is 3.14. The van der Waals surface area contributed by atoms with Crippen LogP contribution in [0, 0.1) is 5.92 Å². The van der Waals surface area contributed by atoms with Gasteiger partial charge in [-0.25, -0.2) is 4.79 Å². The van der Waals surface area contributed by atoms with Gasteiger partial charge in [0, 0.05) is 18.3 Å². The molecule has 2 aromatic carbocycles. The van der Waals surface area contributed by atoms with Gasteiger partial charge in [0.25, 0.3) is 0 Å². The third kappa shape index (κ3) is 4.85. The van der Waals surface area contributed by atoms with Gasteiger partial charge in [0.15, 0.2) is 0 Å². The summed E-state index contributed by atoms with van der Waals surface area (Å²) in [6.07, 6.45) is 4.71. The molecule has 0 radical (unpaired) electrons. The molecule has 1 saturated carbocycles. The highest BCUT2D eigenvalue weighted by Gasteiger charge is 2.27. The molecule has 0 saturated heterocycles. The fourth-order valence-electron chi connectivity index (χ4n) is 3.61. The quantitative estimate of drug-likeness (QED) is 0.731. The molecular formula is C21H25N3O2. The maximum Gasteiger partial charge on any atom is 0.319 e. The van der Waals surface area contributed by atoms with E-state index in [2.05, 4.69) is 28.1 Å².